The van der Waals surface area contributed by atoms with E-state index in [1.807, 2.05) is 36.7 Å². The average Bonchev–Trinajstić information content (AvgIpc) is 3.49. The van der Waals surface area contributed by atoms with Gasteiger partial charge in [0, 0.05) is 65.2 Å². The molecule has 0 radical (unpaired) electrons. The third-order valence-electron chi connectivity index (χ3n) is 7.01. The van der Waals surface area contributed by atoms with Crippen LogP contribution in [0.25, 0.3) is 16.6 Å². The number of rotatable bonds is 7. The Morgan fingerprint density at radius 3 is 2.69 bits per heavy atom. The average molecular weight is 502 g/mol. The number of nitriles is 1. The summed E-state index contributed by atoms with van der Waals surface area (Å²) in [5.74, 6) is 0. The molecular weight excluding hydrogens is 470 g/mol. The number of anilines is 1. The van der Waals surface area contributed by atoms with E-state index in [2.05, 4.69) is 40.7 Å². The zero-order valence-corrected chi connectivity index (χ0v) is 21.7. The lowest BCUT2D eigenvalue weighted by molar-refractivity contribution is 0.0624. The maximum Gasteiger partial charge on any atom is 0.103 e. The molecule has 5 rings (SSSR count). The first-order valence-corrected chi connectivity index (χ1v) is 13.0. The molecule has 36 heavy (non-hydrogen) atoms. The van der Waals surface area contributed by atoms with Crippen LogP contribution in [-0.2, 0) is 4.74 Å². The number of methoxy groups -OCH3 is 1. The van der Waals surface area contributed by atoms with E-state index in [0.29, 0.717) is 17.3 Å². The van der Waals surface area contributed by atoms with Gasteiger partial charge in [0.2, 0.25) is 0 Å². The van der Waals surface area contributed by atoms with Gasteiger partial charge < -0.3 is 15.4 Å². The Bertz CT molecular complexity index is 1410. The number of hydrogen-bond acceptors (Lipinski definition) is 7. The summed E-state index contributed by atoms with van der Waals surface area (Å²) in [5.41, 5.74) is 11.5. The van der Waals surface area contributed by atoms with Crippen molar-refractivity contribution in [1.82, 2.24) is 24.3 Å². The van der Waals surface area contributed by atoms with E-state index in [4.69, 9.17) is 15.6 Å². The van der Waals surface area contributed by atoms with E-state index in [9.17, 15) is 5.26 Å². The highest BCUT2D eigenvalue weighted by Gasteiger charge is 2.25. The quantitative estimate of drug-likeness (QED) is 0.364. The molecule has 0 spiro atoms. The molecule has 9 heteroatoms. The Kier molecular flexibility index (Phi) is 7.01. The van der Waals surface area contributed by atoms with E-state index < -0.39 is 0 Å². The van der Waals surface area contributed by atoms with Crippen LogP contribution in [0.2, 0.25) is 0 Å². The fourth-order valence-corrected chi connectivity index (χ4v) is 6.00. The maximum atomic E-state index is 9.67. The summed E-state index contributed by atoms with van der Waals surface area (Å²) in [6, 6.07) is 12.5. The van der Waals surface area contributed by atoms with Gasteiger partial charge in [-0.1, -0.05) is 23.9 Å². The molecule has 1 aliphatic rings. The van der Waals surface area contributed by atoms with Crippen LogP contribution < -0.4 is 5.73 Å². The van der Waals surface area contributed by atoms with E-state index in [0.717, 1.165) is 64.6 Å². The highest BCUT2D eigenvalue weighted by atomic mass is 32.2. The highest BCUT2D eigenvalue weighted by molar-refractivity contribution is 7.99. The second kappa shape index (κ2) is 10.3. The Balaban J connectivity index is 1.45. The minimum absolute atomic E-state index is 0.247. The zero-order chi connectivity index (χ0) is 25.2. The number of fused-ring (bicyclic) bond motifs is 1. The van der Waals surface area contributed by atoms with Crippen LogP contribution in [0.15, 0.2) is 58.7 Å². The van der Waals surface area contributed by atoms with Crippen LogP contribution in [0.3, 0.4) is 0 Å². The molecule has 3 aromatic heterocycles. The molecule has 4 heterocycles. The number of ether oxygens (including phenoxy) is 1. The van der Waals surface area contributed by atoms with Crippen molar-refractivity contribution < 1.29 is 4.74 Å². The molecule has 0 bridgehead atoms. The van der Waals surface area contributed by atoms with Crippen molar-refractivity contribution in [1.29, 1.82) is 5.26 Å². The van der Waals surface area contributed by atoms with Crippen LogP contribution in [-0.4, -0.2) is 57.1 Å². The molecule has 0 saturated carbocycles. The Labute approximate surface area is 215 Å². The number of aromatic nitrogens is 4. The van der Waals surface area contributed by atoms with Crippen molar-refractivity contribution in [3.63, 3.8) is 0 Å². The molecule has 186 valence electrons. The molecule has 0 aliphatic carbocycles. The predicted octanol–water partition coefficient (Wildman–Crippen LogP) is 4.78. The van der Waals surface area contributed by atoms with E-state index in [-0.39, 0.29) is 6.10 Å². The van der Waals surface area contributed by atoms with Gasteiger partial charge in [-0.25, -0.2) is 4.52 Å². The first-order valence-electron chi connectivity index (χ1n) is 12.2. The van der Waals surface area contributed by atoms with Crippen molar-refractivity contribution in [3.05, 3.63) is 60.2 Å². The third kappa shape index (κ3) is 4.72. The molecule has 1 aliphatic heterocycles. The first-order chi connectivity index (χ1) is 17.5. The minimum atomic E-state index is 0.247. The zero-order valence-electron chi connectivity index (χ0n) is 20.9. The van der Waals surface area contributed by atoms with Crippen molar-refractivity contribution >= 4 is 23.0 Å². The first kappa shape index (κ1) is 24.4. The van der Waals surface area contributed by atoms with Gasteiger partial charge in [0.25, 0.3) is 0 Å². The minimum Gasteiger partial charge on any atom is -0.398 e. The summed E-state index contributed by atoms with van der Waals surface area (Å²) in [6.07, 6.45) is 7.93. The summed E-state index contributed by atoms with van der Waals surface area (Å²) < 4.78 is 9.41. The third-order valence-corrected chi connectivity index (χ3v) is 8.14. The van der Waals surface area contributed by atoms with Gasteiger partial charge in [-0.3, -0.25) is 4.68 Å². The number of nitrogens with two attached hydrogens (primary N) is 1. The largest absolute Gasteiger partial charge is 0.398 e. The van der Waals surface area contributed by atoms with E-state index in [1.54, 1.807) is 29.6 Å². The number of para-hydroxylation sites is 1. The van der Waals surface area contributed by atoms with Crippen LogP contribution in [0, 0.1) is 18.3 Å². The number of likely N-dealkylation sites (tertiary alicyclic amines) is 1. The Morgan fingerprint density at radius 1 is 1.19 bits per heavy atom. The second-order valence-corrected chi connectivity index (χ2v) is 10.4. The SMILES string of the molecule is CO[C@@H](C)CN1CCC(n2ncc(-c3cc(Sc4ccccc4N)c4c(C#N)cnn4c3)c2C)CC1. The van der Waals surface area contributed by atoms with Crippen LogP contribution in [0.4, 0.5) is 5.69 Å². The second-order valence-electron chi connectivity index (χ2n) is 9.36. The molecule has 1 fully saturated rings. The van der Waals surface area contributed by atoms with E-state index in [1.165, 1.54) is 0 Å². The lowest BCUT2D eigenvalue weighted by Crippen LogP contribution is -2.39. The predicted molar refractivity (Wildman–Crippen MR) is 142 cm³/mol. The van der Waals surface area contributed by atoms with Crippen LogP contribution in [0.5, 0.6) is 0 Å². The fraction of sp³-hybridized carbons (Fsp3) is 0.370. The lowest BCUT2D eigenvalue weighted by Gasteiger charge is -2.33. The number of benzene rings is 1. The van der Waals surface area contributed by atoms with Crippen molar-refractivity contribution in [2.24, 2.45) is 0 Å². The fourth-order valence-electron chi connectivity index (χ4n) is 4.94. The Hall–Kier alpha value is -3.32. The summed E-state index contributed by atoms with van der Waals surface area (Å²) in [4.78, 5) is 4.36. The molecule has 0 amide bonds. The summed E-state index contributed by atoms with van der Waals surface area (Å²) in [6.45, 7) is 7.31. The number of nitrogen functional groups attached to an aromatic ring is 1. The maximum absolute atomic E-state index is 9.67. The smallest absolute Gasteiger partial charge is 0.103 e. The normalized spacial score (nSPS) is 15.8. The standard InChI is InChI=1S/C27H31N7OS/c1-18(35-3)16-32-10-8-22(9-11-32)34-19(2)23(15-31-34)20-12-26(36-25-7-5-4-6-24(25)29)27-21(13-28)14-30-33(27)17-20/h4-7,12,14-15,17-18,22H,8-11,16,29H2,1-3H3/t18-/m0/s1. The molecule has 0 unspecified atom stereocenters. The number of hydrogen-bond donors (Lipinski definition) is 1. The van der Waals surface area contributed by atoms with Crippen LogP contribution in [0.1, 0.15) is 37.1 Å². The van der Waals surface area contributed by atoms with Crippen molar-refractivity contribution in [2.45, 2.75) is 48.6 Å². The van der Waals surface area contributed by atoms with Gasteiger partial charge >= 0.3 is 0 Å². The summed E-state index contributed by atoms with van der Waals surface area (Å²) >= 11 is 1.55. The summed E-state index contributed by atoms with van der Waals surface area (Å²) in [7, 11) is 1.77. The van der Waals surface area contributed by atoms with Gasteiger partial charge in [0.05, 0.1) is 35.6 Å². The molecule has 4 aromatic rings. The van der Waals surface area contributed by atoms with Gasteiger partial charge in [-0.2, -0.15) is 15.5 Å². The molecule has 1 aromatic carbocycles. The highest BCUT2D eigenvalue weighted by Crippen LogP contribution is 2.39. The number of pyridine rings is 1. The van der Waals surface area contributed by atoms with Gasteiger partial charge in [-0.15, -0.1) is 0 Å². The molecule has 1 atom stereocenters. The van der Waals surface area contributed by atoms with Gasteiger partial charge in [0.15, 0.2) is 0 Å². The molecular formula is C27H31N7OS. The summed E-state index contributed by atoms with van der Waals surface area (Å²) in [5, 5.41) is 19.0. The van der Waals surface area contributed by atoms with Gasteiger partial charge in [-0.05, 0) is 44.9 Å². The Morgan fingerprint density at radius 2 is 1.97 bits per heavy atom. The lowest BCUT2D eigenvalue weighted by atomic mass is 10.0. The number of piperidine rings is 1. The van der Waals surface area contributed by atoms with Crippen LogP contribution >= 0.6 is 11.8 Å². The topological polar surface area (TPSA) is 97.4 Å². The monoisotopic (exact) mass is 501 g/mol. The molecule has 1 saturated heterocycles. The van der Waals surface area contributed by atoms with Gasteiger partial charge in [0.1, 0.15) is 6.07 Å². The number of nitrogens with zero attached hydrogens (tertiary/aromatic N) is 6. The van der Waals surface area contributed by atoms with E-state index >= 15 is 0 Å². The molecule has 8 nitrogen and oxygen atoms in total. The van der Waals surface area contributed by atoms with Crippen molar-refractivity contribution in [2.75, 3.05) is 32.5 Å². The van der Waals surface area contributed by atoms with Crippen molar-refractivity contribution in [3.8, 4) is 17.2 Å². The molecule has 2 N–H and O–H groups in total.